The van der Waals surface area contributed by atoms with Gasteiger partial charge in [-0.05, 0) is 50.0 Å². The van der Waals surface area contributed by atoms with Crippen LogP contribution >= 0.6 is 0 Å². The maximum Gasteiger partial charge on any atom is 0.0866 e. The summed E-state index contributed by atoms with van der Waals surface area (Å²) in [6.45, 7) is 4.07. The van der Waals surface area contributed by atoms with Crippen molar-refractivity contribution in [2.75, 3.05) is 26.2 Å². The fraction of sp³-hybridized carbons (Fsp3) is 0.938. The number of piperidine rings is 1. The van der Waals surface area contributed by atoms with Crippen molar-refractivity contribution in [3.63, 3.8) is 0 Å². The molecule has 1 N–H and O–H groups in total. The van der Waals surface area contributed by atoms with E-state index >= 15 is 0 Å². The Morgan fingerprint density at radius 3 is 2.53 bits per heavy atom. The molecule has 0 bridgehead atoms. The van der Waals surface area contributed by atoms with Crippen LogP contribution in [-0.2, 0) is 0 Å². The Bertz CT molecular complexity index is 327. The average molecular weight is 261 g/mol. The van der Waals surface area contributed by atoms with Crippen LogP contribution in [0.5, 0.6) is 0 Å². The largest absolute Gasteiger partial charge is 0.312 e. The highest BCUT2D eigenvalue weighted by atomic mass is 15.2. The second-order valence-corrected chi connectivity index (χ2v) is 7.04. The average Bonchev–Trinajstić information content (AvgIpc) is 3.11. The lowest BCUT2D eigenvalue weighted by Crippen LogP contribution is -2.50. The quantitative estimate of drug-likeness (QED) is 0.746. The Morgan fingerprint density at radius 1 is 1.05 bits per heavy atom. The minimum absolute atomic E-state index is 0.614. The molecule has 2 unspecified atom stereocenters. The van der Waals surface area contributed by atoms with Crippen molar-refractivity contribution in [1.82, 2.24) is 10.2 Å². The van der Waals surface area contributed by atoms with Gasteiger partial charge in [-0.15, -0.1) is 0 Å². The van der Waals surface area contributed by atoms with Crippen LogP contribution < -0.4 is 5.32 Å². The number of hydrogen-bond acceptors (Lipinski definition) is 3. The van der Waals surface area contributed by atoms with E-state index in [2.05, 4.69) is 16.3 Å². The molecule has 3 heteroatoms. The van der Waals surface area contributed by atoms with Crippen LogP contribution in [0.15, 0.2) is 0 Å². The second-order valence-electron chi connectivity index (χ2n) is 7.04. The molecule has 2 aliphatic carbocycles. The molecule has 0 aromatic heterocycles. The molecule has 0 radical (unpaired) electrons. The fourth-order valence-electron chi connectivity index (χ4n) is 3.71. The van der Waals surface area contributed by atoms with Gasteiger partial charge in [-0.25, -0.2) is 0 Å². The number of hydrogen-bond donors (Lipinski definition) is 1. The summed E-state index contributed by atoms with van der Waals surface area (Å²) >= 11 is 0. The van der Waals surface area contributed by atoms with Crippen LogP contribution in [0.2, 0.25) is 0 Å². The van der Waals surface area contributed by atoms with Crippen LogP contribution in [0, 0.1) is 29.1 Å². The molecule has 2 saturated carbocycles. The molecule has 0 aromatic carbocycles. The molecule has 1 heterocycles. The first-order valence-corrected chi connectivity index (χ1v) is 8.16. The Kier molecular flexibility index (Phi) is 4.40. The second kappa shape index (κ2) is 6.24. The number of likely N-dealkylation sites (tertiary alicyclic amines) is 1. The molecular weight excluding hydrogens is 234 g/mol. The maximum absolute atomic E-state index is 8.94. The van der Waals surface area contributed by atoms with E-state index in [1.807, 2.05) is 0 Å². The van der Waals surface area contributed by atoms with E-state index < -0.39 is 0 Å². The van der Waals surface area contributed by atoms with Gasteiger partial charge >= 0.3 is 0 Å². The van der Waals surface area contributed by atoms with Crippen LogP contribution in [0.1, 0.15) is 44.9 Å². The Labute approximate surface area is 117 Å². The van der Waals surface area contributed by atoms with Crippen LogP contribution in [-0.4, -0.2) is 37.1 Å². The Hall–Kier alpha value is -0.590. The first-order chi connectivity index (χ1) is 9.33. The van der Waals surface area contributed by atoms with Gasteiger partial charge in [0.2, 0.25) is 0 Å². The topological polar surface area (TPSA) is 39.1 Å². The summed E-state index contributed by atoms with van der Waals surface area (Å²) in [5, 5.41) is 12.7. The number of nitrogens with zero attached hydrogens (tertiary/aromatic N) is 2. The molecule has 0 amide bonds. The predicted octanol–water partition coefficient (Wildman–Crippen LogP) is 2.39. The molecule has 0 spiro atoms. The van der Waals surface area contributed by atoms with Crippen LogP contribution in [0.3, 0.4) is 0 Å². The lowest BCUT2D eigenvalue weighted by molar-refractivity contribution is 0.139. The molecule has 19 heavy (non-hydrogen) atoms. The number of nitriles is 1. The predicted molar refractivity (Wildman–Crippen MR) is 76.6 cm³/mol. The molecule has 2 atom stereocenters. The highest BCUT2D eigenvalue weighted by Crippen LogP contribution is 2.37. The molecule has 1 saturated heterocycles. The third-order valence-corrected chi connectivity index (χ3v) is 5.19. The van der Waals surface area contributed by atoms with Crippen molar-refractivity contribution >= 4 is 0 Å². The summed E-state index contributed by atoms with van der Waals surface area (Å²) in [6.07, 6.45) is 9.93. The SMILES string of the molecule is N#CCN1CC(CC2CC2)CC(NCC2CCC2)C1. The first-order valence-electron chi connectivity index (χ1n) is 8.16. The van der Waals surface area contributed by atoms with E-state index in [-0.39, 0.29) is 0 Å². The van der Waals surface area contributed by atoms with E-state index in [0.717, 1.165) is 30.8 Å². The molecule has 3 fully saturated rings. The lowest BCUT2D eigenvalue weighted by atomic mass is 9.84. The highest BCUT2D eigenvalue weighted by Gasteiger charge is 2.32. The molecule has 1 aliphatic heterocycles. The van der Waals surface area contributed by atoms with Gasteiger partial charge < -0.3 is 5.32 Å². The summed E-state index contributed by atoms with van der Waals surface area (Å²) in [4.78, 5) is 2.37. The third kappa shape index (κ3) is 3.94. The van der Waals surface area contributed by atoms with Crippen molar-refractivity contribution in [1.29, 1.82) is 5.26 Å². The van der Waals surface area contributed by atoms with Crippen molar-refractivity contribution < 1.29 is 0 Å². The van der Waals surface area contributed by atoms with E-state index in [4.69, 9.17) is 5.26 Å². The molecular formula is C16H27N3. The van der Waals surface area contributed by atoms with Gasteiger partial charge in [0.25, 0.3) is 0 Å². The monoisotopic (exact) mass is 261 g/mol. The van der Waals surface area contributed by atoms with Gasteiger partial charge in [-0.2, -0.15) is 5.26 Å². The van der Waals surface area contributed by atoms with E-state index in [0.29, 0.717) is 12.6 Å². The number of rotatable bonds is 6. The summed E-state index contributed by atoms with van der Waals surface area (Å²) in [6, 6.07) is 2.96. The molecule has 0 aromatic rings. The maximum atomic E-state index is 8.94. The summed E-state index contributed by atoms with van der Waals surface area (Å²) in [5.74, 6) is 2.78. The van der Waals surface area contributed by atoms with Crippen molar-refractivity contribution in [2.45, 2.75) is 51.0 Å². The minimum Gasteiger partial charge on any atom is -0.312 e. The van der Waals surface area contributed by atoms with Gasteiger partial charge in [-0.3, -0.25) is 4.90 Å². The van der Waals surface area contributed by atoms with Crippen molar-refractivity contribution in [3.05, 3.63) is 0 Å². The Morgan fingerprint density at radius 2 is 1.89 bits per heavy atom. The smallest absolute Gasteiger partial charge is 0.0866 e. The molecule has 106 valence electrons. The summed E-state index contributed by atoms with van der Waals surface area (Å²) in [5.41, 5.74) is 0. The van der Waals surface area contributed by atoms with E-state index in [1.54, 1.807) is 0 Å². The normalized spacial score (nSPS) is 32.8. The minimum atomic E-state index is 0.614. The summed E-state index contributed by atoms with van der Waals surface area (Å²) < 4.78 is 0. The van der Waals surface area contributed by atoms with E-state index in [1.165, 1.54) is 51.5 Å². The standard InChI is InChI=1S/C16H27N3/c17-6-7-19-11-15(8-13-4-5-13)9-16(12-19)18-10-14-2-1-3-14/h13-16,18H,1-5,7-12H2. The Balaban J connectivity index is 1.47. The van der Waals surface area contributed by atoms with Gasteiger partial charge in [0.15, 0.2) is 0 Å². The van der Waals surface area contributed by atoms with Gasteiger partial charge in [0, 0.05) is 19.1 Å². The zero-order valence-electron chi connectivity index (χ0n) is 12.0. The zero-order chi connectivity index (χ0) is 13.1. The van der Waals surface area contributed by atoms with E-state index in [9.17, 15) is 0 Å². The lowest BCUT2D eigenvalue weighted by Gasteiger charge is -2.38. The van der Waals surface area contributed by atoms with Gasteiger partial charge in [0.05, 0.1) is 12.6 Å². The molecule has 3 nitrogen and oxygen atoms in total. The highest BCUT2D eigenvalue weighted by molar-refractivity contribution is 4.90. The first kappa shape index (κ1) is 13.4. The van der Waals surface area contributed by atoms with Crippen LogP contribution in [0.25, 0.3) is 0 Å². The van der Waals surface area contributed by atoms with Crippen molar-refractivity contribution in [2.24, 2.45) is 17.8 Å². The van der Waals surface area contributed by atoms with Gasteiger partial charge in [0.1, 0.15) is 0 Å². The van der Waals surface area contributed by atoms with Crippen LogP contribution in [0.4, 0.5) is 0 Å². The zero-order valence-corrected chi connectivity index (χ0v) is 12.0. The van der Waals surface area contributed by atoms with Gasteiger partial charge in [-0.1, -0.05) is 19.3 Å². The van der Waals surface area contributed by atoms with Crippen molar-refractivity contribution in [3.8, 4) is 6.07 Å². The molecule has 3 aliphatic rings. The fourth-order valence-corrected chi connectivity index (χ4v) is 3.71. The summed E-state index contributed by atoms with van der Waals surface area (Å²) in [7, 11) is 0. The molecule has 3 rings (SSSR count). The number of nitrogens with one attached hydrogen (secondary N) is 1. The third-order valence-electron chi connectivity index (χ3n) is 5.19.